The van der Waals surface area contributed by atoms with Crippen LogP contribution in [-0.2, 0) is 20.0 Å². The number of benzene rings is 2. The topological polar surface area (TPSA) is 76.1 Å². The van der Waals surface area contributed by atoms with E-state index in [1.807, 2.05) is 6.07 Å². The van der Waals surface area contributed by atoms with Crippen molar-refractivity contribution in [1.82, 2.24) is 9.13 Å². The van der Waals surface area contributed by atoms with Crippen LogP contribution in [0.1, 0.15) is 23.5 Å². The van der Waals surface area contributed by atoms with Crippen molar-refractivity contribution in [2.75, 3.05) is 41.0 Å². The molecule has 2 aromatic carbocycles. The summed E-state index contributed by atoms with van der Waals surface area (Å²) in [5, 5.41) is 0.450. The van der Waals surface area contributed by atoms with Crippen molar-refractivity contribution < 1.29 is 31.5 Å². The molecule has 1 aromatic heterocycles. The minimum Gasteiger partial charge on any atom is -1.00 e. The molecular weight excluding hydrogens is 470 g/mol. The molecule has 9 heteroatoms. The molecule has 1 N–H and O–H groups in total. The number of methoxy groups -OCH3 is 3. The molecule has 35 heavy (non-hydrogen) atoms. The Morgan fingerprint density at radius 1 is 1.00 bits per heavy atom. The van der Waals surface area contributed by atoms with Crippen molar-refractivity contribution >= 4 is 10.9 Å². The van der Waals surface area contributed by atoms with Gasteiger partial charge in [0.1, 0.15) is 5.75 Å². The Kier molecular flexibility index (Phi) is 7.15. The van der Waals surface area contributed by atoms with Crippen molar-refractivity contribution in [3.05, 3.63) is 62.3 Å². The van der Waals surface area contributed by atoms with Gasteiger partial charge < -0.3 is 31.5 Å². The van der Waals surface area contributed by atoms with Gasteiger partial charge >= 0.3 is 5.69 Å². The second-order valence-corrected chi connectivity index (χ2v) is 9.36. The quantitative estimate of drug-likeness (QED) is 0.422. The second-order valence-electron chi connectivity index (χ2n) is 9.36. The van der Waals surface area contributed by atoms with Crippen molar-refractivity contribution in [3.63, 3.8) is 0 Å². The third-order valence-electron chi connectivity index (χ3n) is 7.73. The predicted molar refractivity (Wildman–Crippen MR) is 130 cm³/mol. The molecule has 5 rings (SSSR count). The van der Waals surface area contributed by atoms with E-state index in [0.717, 1.165) is 38.2 Å². The predicted octanol–water partition coefficient (Wildman–Crippen LogP) is -2.03. The van der Waals surface area contributed by atoms with Gasteiger partial charge in [0.15, 0.2) is 11.5 Å². The normalized spacial score (nSPS) is 20.6. The highest BCUT2D eigenvalue weighted by Gasteiger charge is 2.41. The van der Waals surface area contributed by atoms with Crippen LogP contribution in [0.3, 0.4) is 0 Å². The Bertz CT molecular complexity index is 1370. The van der Waals surface area contributed by atoms with Crippen LogP contribution in [-0.4, -0.2) is 50.1 Å². The Morgan fingerprint density at radius 2 is 1.71 bits per heavy atom. The number of fused-ring (bicyclic) bond motifs is 4. The summed E-state index contributed by atoms with van der Waals surface area (Å²) in [5.74, 6) is 3.08. The second kappa shape index (κ2) is 9.95. The monoisotopic (exact) mass is 501 g/mol. The fourth-order valence-electron chi connectivity index (χ4n) is 5.96. The SMILES string of the molecule is COc1cc2c(=O)n(CC[NH+]3C[C@@H]4CCc5c(OC)cccc5[C@@H]4C3)c(=O)n(C)c2cc1OC.[Cl-]. The van der Waals surface area contributed by atoms with Gasteiger partial charge in [-0.1, -0.05) is 12.1 Å². The summed E-state index contributed by atoms with van der Waals surface area (Å²) >= 11 is 0. The maximum Gasteiger partial charge on any atom is 0.331 e. The lowest BCUT2D eigenvalue weighted by atomic mass is 9.77. The molecule has 0 saturated carbocycles. The number of nitrogens with one attached hydrogen (secondary N) is 1. The molecule has 1 aliphatic heterocycles. The molecule has 8 nitrogen and oxygen atoms in total. The highest BCUT2D eigenvalue weighted by molar-refractivity contribution is 5.82. The van der Waals surface area contributed by atoms with Gasteiger partial charge in [-0.15, -0.1) is 0 Å². The van der Waals surface area contributed by atoms with Crippen LogP contribution in [0.4, 0.5) is 0 Å². The van der Waals surface area contributed by atoms with E-state index in [1.165, 1.54) is 39.4 Å². The number of halogens is 1. The fourth-order valence-corrected chi connectivity index (χ4v) is 5.96. The van der Waals surface area contributed by atoms with Gasteiger partial charge in [0, 0.05) is 24.9 Å². The van der Waals surface area contributed by atoms with Gasteiger partial charge in [-0.3, -0.25) is 13.9 Å². The fraction of sp³-hybridized carbons (Fsp3) is 0.462. The number of ether oxygens (including phenoxy) is 3. The summed E-state index contributed by atoms with van der Waals surface area (Å²) in [6, 6.07) is 9.71. The molecule has 188 valence electrons. The summed E-state index contributed by atoms with van der Waals surface area (Å²) in [5.41, 5.74) is 2.69. The van der Waals surface area contributed by atoms with E-state index in [2.05, 4.69) is 12.1 Å². The average Bonchev–Trinajstić information content (AvgIpc) is 3.29. The number of aryl methyl sites for hydroxylation is 1. The zero-order chi connectivity index (χ0) is 24.0. The lowest BCUT2D eigenvalue weighted by Crippen LogP contribution is -3.10. The largest absolute Gasteiger partial charge is 1.00 e. The zero-order valence-electron chi connectivity index (χ0n) is 20.6. The number of rotatable bonds is 6. The van der Waals surface area contributed by atoms with E-state index in [1.54, 1.807) is 26.3 Å². The van der Waals surface area contributed by atoms with Gasteiger partial charge in [-0.05, 0) is 36.1 Å². The van der Waals surface area contributed by atoms with E-state index in [-0.39, 0.29) is 23.7 Å². The Balaban J connectivity index is 0.00000289. The summed E-state index contributed by atoms with van der Waals surface area (Å²) in [4.78, 5) is 27.8. The number of hydrogen-bond donors (Lipinski definition) is 1. The van der Waals surface area contributed by atoms with E-state index >= 15 is 0 Å². The van der Waals surface area contributed by atoms with Gasteiger partial charge in [0.2, 0.25) is 0 Å². The zero-order valence-corrected chi connectivity index (χ0v) is 21.4. The summed E-state index contributed by atoms with van der Waals surface area (Å²) < 4.78 is 19.2. The number of aromatic nitrogens is 2. The maximum atomic E-state index is 13.3. The first-order valence-corrected chi connectivity index (χ1v) is 11.8. The van der Waals surface area contributed by atoms with Crippen LogP contribution in [0.5, 0.6) is 17.2 Å². The minimum atomic E-state index is -0.309. The third-order valence-corrected chi connectivity index (χ3v) is 7.73. The van der Waals surface area contributed by atoms with Crippen LogP contribution in [0.2, 0.25) is 0 Å². The molecule has 1 aliphatic carbocycles. The number of nitrogens with zero attached hydrogens (tertiary/aromatic N) is 2. The lowest BCUT2D eigenvalue weighted by Gasteiger charge is -2.26. The molecule has 3 aromatic rings. The van der Waals surface area contributed by atoms with Gasteiger partial charge in [-0.2, -0.15) is 0 Å². The standard InChI is InChI=1S/C26H31N3O5.ClH/c1-27-21-13-24(34-4)23(33-3)12-19(21)25(30)29(26(27)31)11-10-28-14-16-8-9-18-17(20(16)15-28)6-5-7-22(18)32-2;/h5-7,12-13,16,20H,8-11,14-15H2,1-4H3;1H/t16-,20+;/m0./s1. The van der Waals surface area contributed by atoms with Crippen molar-refractivity contribution in [3.8, 4) is 17.2 Å². The Hall–Kier alpha value is -2.97. The van der Waals surface area contributed by atoms with E-state index in [0.29, 0.717) is 40.8 Å². The number of likely N-dealkylation sites (tertiary alicyclic amines) is 1. The Morgan fingerprint density at radius 3 is 2.43 bits per heavy atom. The molecule has 1 fully saturated rings. The average molecular weight is 502 g/mol. The van der Waals surface area contributed by atoms with Crippen LogP contribution < -0.4 is 42.8 Å². The van der Waals surface area contributed by atoms with Crippen LogP contribution in [0.15, 0.2) is 39.9 Å². The van der Waals surface area contributed by atoms with Gasteiger partial charge in [-0.25, -0.2) is 4.79 Å². The number of hydrogen-bond acceptors (Lipinski definition) is 5. The first kappa shape index (κ1) is 25.1. The number of quaternary nitrogens is 1. The first-order chi connectivity index (χ1) is 16.5. The molecule has 1 saturated heterocycles. The van der Waals surface area contributed by atoms with Crippen molar-refractivity contribution in [1.29, 1.82) is 0 Å². The molecule has 2 aliphatic rings. The third kappa shape index (κ3) is 4.19. The van der Waals surface area contributed by atoms with Gasteiger partial charge in [0.05, 0.1) is 58.4 Å². The van der Waals surface area contributed by atoms with E-state index < -0.39 is 0 Å². The summed E-state index contributed by atoms with van der Waals surface area (Å²) in [6.45, 7) is 3.20. The van der Waals surface area contributed by atoms with E-state index in [4.69, 9.17) is 14.2 Å². The first-order valence-electron chi connectivity index (χ1n) is 11.8. The molecule has 0 radical (unpaired) electrons. The maximum absolute atomic E-state index is 13.3. The van der Waals surface area contributed by atoms with Gasteiger partial charge in [0.25, 0.3) is 5.56 Å². The Labute approximate surface area is 210 Å². The van der Waals surface area contributed by atoms with Crippen molar-refractivity contribution in [2.24, 2.45) is 13.0 Å². The van der Waals surface area contributed by atoms with Crippen LogP contribution >= 0.6 is 0 Å². The van der Waals surface area contributed by atoms with Crippen LogP contribution in [0.25, 0.3) is 10.9 Å². The van der Waals surface area contributed by atoms with Crippen molar-refractivity contribution in [2.45, 2.75) is 25.3 Å². The molecule has 0 amide bonds. The lowest BCUT2D eigenvalue weighted by molar-refractivity contribution is -0.890. The summed E-state index contributed by atoms with van der Waals surface area (Å²) in [7, 11) is 6.50. The highest BCUT2D eigenvalue weighted by Crippen LogP contribution is 2.40. The van der Waals surface area contributed by atoms with Crippen LogP contribution in [0, 0.1) is 5.92 Å². The molecular formula is C26H32ClN3O5. The molecule has 3 atom stereocenters. The summed E-state index contributed by atoms with van der Waals surface area (Å²) in [6.07, 6.45) is 2.20. The smallest absolute Gasteiger partial charge is 0.331 e. The van der Waals surface area contributed by atoms with E-state index in [9.17, 15) is 9.59 Å². The molecule has 0 spiro atoms. The molecule has 2 heterocycles. The molecule has 1 unspecified atom stereocenters. The highest BCUT2D eigenvalue weighted by atomic mass is 35.5. The minimum absolute atomic E-state index is 0. The molecule has 0 bridgehead atoms.